The zero-order valence-corrected chi connectivity index (χ0v) is 13.4. The molecule has 1 atom stereocenters. The number of hydrogen-bond acceptors (Lipinski definition) is 4. The maximum Gasteiger partial charge on any atom is 0.239 e. The topological polar surface area (TPSA) is 92.3 Å². The molecule has 7 heteroatoms. The number of sulfone groups is 1. The molecule has 1 fully saturated rings. The maximum atomic E-state index is 12.3. The van der Waals surface area contributed by atoms with Gasteiger partial charge in [0.25, 0.3) is 0 Å². The van der Waals surface area contributed by atoms with Crippen LogP contribution in [0.2, 0.25) is 0 Å². The van der Waals surface area contributed by atoms with E-state index >= 15 is 0 Å². The average molecular weight is 324 g/mol. The van der Waals surface area contributed by atoms with Crippen molar-refractivity contribution in [3.05, 3.63) is 30.3 Å². The van der Waals surface area contributed by atoms with Gasteiger partial charge in [0.2, 0.25) is 11.8 Å². The summed E-state index contributed by atoms with van der Waals surface area (Å²) >= 11 is 0. The second kappa shape index (κ2) is 6.08. The van der Waals surface area contributed by atoms with Crippen molar-refractivity contribution in [2.75, 3.05) is 16.8 Å². The van der Waals surface area contributed by atoms with Gasteiger partial charge in [0.1, 0.15) is 5.41 Å². The zero-order chi connectivity index (χ0) is 16.4. The summed E-state index contributed by atoms with van der Waals surface area (Å²) in [5, 5.41) is 5.35. The Morgan fingerprint density at radius 3 is 2.32 bits per heavy atom. The first-order valence-corrected chi connectivity index (χ1v) is 8.91. The van der Waals surface area contributed by atoms with E-state index in [-0.39, 0.29) is 11.5 Å². The highest BCUT2D eigenvalue weighted by molar-refractivity contribution is 7.91. The van der Waals surface area contributed by atoms with E-state index in [0.29, 0.717) is 12.1 Å². The van der Waals surface area contributed by atoms with Crippen LogP contribution in [0.15, 0.2) is 30.3 Å². The molecule has 0 radical (unpaired) electrons. The van der Waals surface area contributed by atoms with Crippen molar-refractivity contribution in [2.45, 2.75) is 26.3 Å². The summed E-state index contributed by atoms with van der Waals surface area (Å²) in [6.07, 6.45) is 0.393. The summed E-state index contributed by atoms with van der Waals surface area (Å²) in [5.41, 5.74) is -0.681. The summed E-state index contributed by atoms with van der Waals surface area (Å²) in [6.45, 7) is 3.04. The lowest BCUT2D eigenvalue weighted by molar-refractivity contribution is -0.138. The second-order valence-electron chi connectivity index (χ2n) is 6.02. The van der Waals surface area contributed by atoms with Gasteiger partial charge in [0, 0.05) is 11.7 Å². The number of anilines is 1. The number of hydrogen-bond donors (Lipinski definition) is 2. The van der Waals surface area contributed by atoms with Crippen molar-refractivity contribution in [3.63, 3.8) is 0 Å². The fourth-order valence-corrected chi connectivity index (χ4v) is 3.86. The van der Waals surface area contributed by atoms with Crippen molar-refractivity contribution in [2.24, 2.45) is 5.41 Å². The molecule has 22 heavy (non-hydrogen) atoms. The highest BCUT2D eigenvalue weighted by atomic mass is 32.2. The van der Waals surface area contributed by atoms with Crippen LogP contribution >= 0.6 is 0 Å². The highest BCUT2D eigenvalue weighted by Crippen LogP contribution is 2.21. The predicted octanol–water partition coefficient (Wildman–Crippen LogP) is 0.955. The Kier molecular flexibility index (Phi) is 4.55. The van der Waals surface area contributed by atoms with Crippen LogP contribution in [-0.2, 0) is 19.4 Å². The largest absolute Gasteiger partial charge is 0.351 e. The number of carbonyl (C=O) groups is 2. The van der Waals surface area contributed by atoms with Crippen LogP contribution in [0.3, 0.4) is 0 Å². The summed E-state index contributed by atoms with van der Waals surface area (Å²) in [7, 11) is -3.07. The van der Waals surface area contributed by atoms with Gasteiger partial charge in [-0.05, 0) is 32.4 Å². The molecule has 0 aromatic heterocycles. The first-order chi connectivity index (χ1) is 10.2. The zero-order valence-electron chi connectivity index (χ0n) is 12.6. The lowest BCUT2D eigenvalue weighted by Crippen LogP contribution is -2.48. The molecular formula is C15H20N2O4S. The molecule has 0 spiro atoms. The van der Waals surface area contributed by atoms with E-state index in [4.69, 9.17) is 0 Å². The van der Waals surface area contributed by atoms with Gasteiger partial charge in [0.15, 0.2) is 9.84 Å². The van der Waals surface area contributed by atoms with Gasteiger partial charge in [0.05, 0.1) is 11.5 Å². The number of amides is 2. The summed E-state index contributed by atoms with van der Waals surface area (Å²) in [4.78, 5) is 24.6. The summed E-state index contributed by atoms with van der Waals surface area (Å²) in [5.74, 6) is -0.885. The van der Waals surface area contributed by atoms with Crippen LogP contribution in [0.4, 0.5) is 5.69 Å². The van der Waals surface area contributed by atoms with Gasteiger partial charge in [-0.3, -0.25) is 9.59 Å². The Balaban J connectivity index is 1.99. The first kappa shape index (κ1) is 16.5. The minimum Gasteiger partial charge on any atom is -0.351 e. The quantitative estimate of drug-likeness (QED) is 0.807. The van der Waals surface area contributed by atoms with Crippen LogP contribution in [0.1, 0.15) is 20.3 Å². The SMILES string of the molecule is CC(C)(C(=O)Nc1ccccc1)C(=O)NC1CCS(=O)(=O)C1. The van der Waals surface area contributed by atoms with Gasteiger partial charge in [-0.15, -0.1) is 0 Å². The minimum atomic E-state index is -3.07. The third-order valence-electron chi connectivity index (χ3n) is 3.73. The monoisotopic (exact) mass is 324 g/mol. The van der Waals surface area contributed by atoms with E-state index in [2.05, 4.69) is 10.6 Å². The molecule has 120 valence electrons. The van der Waals surface area contributed by atoms with Crippen molar-refractivity contribution >= 4 is 27.3 Å². The molecule has 6 nitrogen and oxygen atoms in total. The molecular weight excluding hydrogens is 304 g/mol. The number of carbonyl (C=O) groups excluding carboxylic acids is 2. The van der Waals surface area contributed by atoms with Crippen molar-refractivity contribution in [1.29, 1.82) is 0 Å². The number of para-hydroxylation sites is 1. The Bertz CT molecular complexity index is 668. The predicted molar refractivity (Wildman–Crippen MR) is 84.1 cm³/mol. The van der Waals surface area contributed by atoms with Gasteiger partial charge in [-0.2, -0.15) is 0 Å². The lowest BCUT2D eigenvalue weighted by Gasteiger charge is -2.24. The molecule has 2 amide bonds. The normalized spacial score (nSPS) is 20.4. The molecule has 2 N–H and O–H groups in total. The van der Waals surface area contributed by atoms with Gasteiger partial charge in [-0.25, -0.2) is 8.42 Å². The number of benzene rings is 1. The van der Waals surface area contributed by atoms with Gasteiger partial charge >= 0.3 is 0 Å². The van der Waals surface area contributed by atoms with Gasteiger partial charge in [-0.1, -0.05) is 18.2 Å². The van der Waals surface area contributed by atoms with Crippen molar-refractivity contribution < 1.29 is 18.0 Å². The van der Waals surface area contributed by atoms with Crippen molar-refractivity contribution in [1.82, 2.24) is 5.32 Å². The lowest BCUT2D eigenvalue weighted by atomic mass is 9.90. The fourth-order valence-electron chi connectivity index (χ4n) is 2.19. The third-order valence-corrected chi connectivity index (χ3v) is 5.50. The van der Waals surface area contributed by atoms with Crippen LogP contribution in [0.5, 0.6) is 0 Å². The molecule has 0 aliphatic carbocycles. The van der Waals surface area contributed by atoms with Crippen molar-refractivity contribution in [3.8, 4) is 0 Å². The van der Waals surface area contributed by atoms with E-state index in [9.17, 15) is 18.0 Å². The highest BCUT2D eigenvalue weighted by Gasteiger charge is 2.39. The van der Waals surface area contributed by atoms with Crippen LogP contribution in [0, 0.1) is 5.41 Å². The molecule has 1 aromatic rings. The average Bonchev–Trinajstić information content (AvgIpc) is 2.78. The summed E-state index contributed by atoms with van der Waals surface area (Å²) in [6, 6.07) is 8.44. The van der Waals surface area contributed by atoms with Crippen LogP contribution in [-0.4, -0.2) is 37.8 Å². The Morgan fingerprint density at radius 1 is 1.14 bits per heavy atom. The maximum absolute atomic E-state index is 12.3. The van der Waals surface area contributed by atoms with E-state index in [1.165, 1.54) is 13.8 Å². The van der Waals surface area contributed by atoms with Crippen LogP contribution < -0.4 is 10.6 Å². The molecule has 1 aliphatic rings. The molecule has 1 heterocycles. The number of rotatable bonds is 4. The van der Waals surface area contributed by atoms with E-state index in [1.807, 2.05) is 6.07 Å². The smallest absolute Gasteiger partial charge is 0.239 e. The molecule has 1 aliphatic heterocycles. The molecule has 1 saturated heterocycles. The Hall–Kier alpha value is -1.89. The Morgan fingerprint density at radius 2 is 1.77 bits per heavy atom. The second-order valence-corrected chi connectivity index (χ2v) is 8.25. The third kappa shape index (κ3) is 3.85. The van der Waals surface area contributed by atoms with E-state index in [1.54, 1.807) is 24.3 Å². The molecule has 0 bridgehead atoms. The molecule has 1 unspecified atom stereocenters. The molecule has 2 rings (SSSR count). The van der Waals surface area contributed by atoms with E-state index < -0.39 is 33.1 Å². The minimum absolute atomic E-state index is 0.0604. The molecule has 0 saturated carbocycles. The first-order valence-electron chi connectivity index (χ1n) is 7.08. The standard InChI is InChI=1S/C15H20N2O4S/c1-15(2,13(18)16-11-6-4-3-5-7-11)14(19)17-12-8-9-22(20,21)10-12/h3-7,12H,8-10H2,1-2H3,(H,16,18)(H,17,19). The number of nitrogens with one attached hydrogen (secondary N) is 2. The van der Waals surface area contributed by atoms with Gasteiger partial charge < -0.3 is 10.6 Å². The van der Waals surface area contributed by atoms with E-state index in [0.717, 1.165) is 0 Å². The Labute approximate surface area is 130 Å². The fraction of sp³-hybridized carbons (Fsp3) is 0.467. The summed E-state index contributed by atoms with van der Waals surface area (Å²) < 4.78 is 22.8. The van der Waals surface area contributed by atoms with Crippen LogP contribution in [0.25, 0.3) is 0 Å². The molecule has 1 aromatic carbocycles.